The van der Waals surface area contributed by atoms with Gasteiger partial charge in [0, 0.05) is 18.4 Å². The first-order valence-electron chi connectivity index (χ1n) is 10.3. The maximum atomic E-state index is 13.0. The second-order valence-corrected chi connectivity index (χ2v) is 8.64. The number of methoxy groups -OCH3 is 1. The summed E-state index contributed by atoms with van der Waals surface area (Å²) >= 11 is 0. The summed E-state index contributed by atoms with van der Waals surface area (Å²) in [5.74, 6) is -3.36. The fourth-order valence-corrected chi connectivity index (χ4v) is 4.15. The molecular weight excluding hydrogens is 432 g/mol. The van der Waals surface area contributed by atoms with Crippen molar-refractivity contribution in [2.24, 2.45) is 0 Å². The molecule has 2 aromatic rings. The zero-order valence-electron chi connectivity index (χ0n) is 18.3. The Morgan fingerprint density at radius 1 is 1.06 bits per heavy atom. The van der Waals surface area contributed by atoms with Crippen molar-refractivity contribution in [1.82, 2.24) is 0 Å². The summed E-state index contributed by atoms with van der Waals surface area (Å²) < 4.78 is 15.8. The van der Waals surface area contributed by atoms with E-state index in [4.69, 9.17) is 14.2 Å². The summed E-state index contributed by atoms with van der Waals surface area (Å²) in [5.41, 5.74) is -1.98. The van der Waals surface area contributed by atoms with Gasteiger partial charge in [0.05, 0.1) is 24.4 Å². The monoisotopic (exact) mass is 456 g/mol. The van der Waals surface area contributed by atoms with E-state index in [0.717, 1.165) is 7.11 Å². The topological polar surface area (TPSA) is 146 Å². The van der Waals surface area contributed by atoms with Gasteiger partial charge >= 0.3 is 11.9 Å². The number of aliphatic hydroxyl groups is 1. The molecule has 0 bridgehead atoms. The summed E-state index contributed by atoms with van der Waals surface area (Å²) in [6.07, 6.45) is -0.352. The number of hydrogen-bond donors (Lipinski definition) is 4. The Kier molecular flexibility index (Phi) is 5.24. The SMILES string of the molecule is COC(=O)[C@]1(Cc2ccc(O)c(CC3OC3(C)C)c2O)OC(=O)C(O)=C1c1ccc(O)cc1. The number of aliphatic hydroxyl groups excluding tert-OH is 1. The lowest BCUT2D eigenvalue weighted by molar-refractivity contribution is -0.169. The predicted molar refractivity (Wildman–Crippen MR) is 115 cm³/mol. The number of hydrogen-bond acceptors (Lipinski definition) is 9. The molecule has 174 valence electrons. The van der Waals surface area contributed by atoms with Gasteiger partial charge in [0.2, 0.25) is 11.4 Å². The van der Waals surface area contributed by atoms with Crippen LogP contribution in [0.15, 0.2) is 42.2 Å². The number of rotatable bonds is 6. The molecule has 2 aliphatic rings. The molecule has 1 unspecified atom stereocenters. The highest BCUT2D eigenvalue weighted by molar-refractivity contribution is 6.11. The minimum Gasteiger partial charge on any atom is -0.508 e. The van der Waals surface area contributed by atoms with Gasteiger partial charge in [-0.05, 0) is 43.2 Å². The van der Waals surface area contributed by atoms with Crippen LogP contribution >= 0.6 is 0 Å². The molecule has 1 saturated heterocycles. The minimum absolute atomic E-state index is 0.0567. The average Bonchev–Trinajstić information content (AvgIpc) is 3.29. The van der Waals surface area contributed by atoms with Gasteiger partial charge in [0.1, 0.15) is 17.2 Å². The maximum Gasteiger partial charge on any atom is 0.375 e. The second kappa shape index (κ2) is 7.70. The molecule has 4 N–H and O–H groups in total. The summed E-state index contributed by atoms with van der Waals surface area (Å²) in [6.45, 7) is 3.77. The highest BCUT2D eigenvalue weighted by Crippen LogP contribution is 2.46. The Bertz CT molecular complexity index is 1160. The van der Waals surface area contributed by atoms with Gasteiger partial charge in [-0.2, -0.15) is 0 Å². The number of epoxide rings is 1. The van der Waals surface area contributed by atoms with Crippen molar-refractivity contribution in [3.05, 3.63) is 58.8 Å². The molecule has 0 aliphatic carbocycles. The van der Waals surface area contributed by atoms with E-state index < -0.39 is 23.3 Å². The van der Waals surface area contributed by atoms with Gasteiger partial charge in [0.25, 0.3) is 0 Å². The molecule has 1 fully saturated rings. The Morgan fingerprint density at radius 3 is 2.27 bits per heavy atom. The molecule has 0 radical (unpaired) electrons. The lowest BCUT2D eigenvalue weighted by atomic mass is 9.82. The van der Waals surface area contributed by atoms with Crippen LogP contribution in [0.4, 0.5) is 0 Å². The molecule has 0 saturated carbocycles. The number of ether oxygens (including phenoxy) is 3. The third-order valence-corrected chi connectivity index (χ3v) is 6.11. The van der Waals surface area contributed by atoms with E-state index in [1.807, 2.05) is 13.8 Å². The van der Waals surface area contributed by atoms with Crippen LogP contribution < -0.4 is 0 Å². The minimum atomic E-state index is -2.10. The molecule has 2 heterocycles. The molecule has 0 spiro atoms. The summed E-state index contributed by atoms with van der Waals surface area (Å²) in [7, 11) is 1.11. The van der Waals surface area contributed by atoms with Crippen LogP contribution in [0.3, 0.4) is 0 Å². The largest absolute Gasteiger partial charge is 0.508 e. The number of carbonyl (C=O) groups excluding carboxylic acids is 2. The van der Waals surface area contributed by atoms with Crippen molar-refractivity contribution >= 4 is 17.5 Å². The Morgan fingerprint density at radius 2 is 1.70 bits per heavy atom. The highest BCUT2D eigenvalue weighted by Gasteiger charge is 2.56. The third kappa shape index (κ3) is 3.74. The zero-order chi connectivity index (χ0) is 24.1. The fraction of sp³-hybridized carbons (Fsp3) is 0.333. The van der Waals surface area contributed by atoms with Crippen molar-refractivity contribution in [3.63, 3.8) is 0 Å². The first kappa shape index (κ1) is 22.5. The van der Waals surface area contributed by atoms with Crippen molar-refractivity contribution in [2.45, 2.75) is 44.0 Å². The number of benzene rings is 2. The molecule has 4 rings (SSSR count). The van der Waals surface area contributed by atoms with Crippen LogP contribution in [-0.2, 0) is 36.6 Å². The quantitative estimate of drug-likeness (QED) is 0.380. The normalized spacial score (nSPS) is 23.4. The second-order valence-electron chi connectivity index (χ2n) is 8.64. The molecule has 2 aromatic carbocycles. The van der Waals surface area contributed by atoms with Crippen molar-refractivity contribution in [1.29, 1.82) is 0 Å². The predicted octanol–water partition coefficient (Wildman–Crippen LogP) is 2.50. The van der Waals surface area contributed by atoms with Crippen molar-refractivity contribution < 1.29 is 44.2 Å². The molecule has 2 aliphatic heterocycles. The van der Waals surface area contributed by atoms with Gasteiger partial charge in [-0.1, -0.05) is 18.2 Å². The maximum absolute atomic E-state index is 13.0. The van der Waals surface area contributed by atoms with E-state index in [0.29, 0.717) is 0 Å². The molecule has 9 heteroatoms. The van der Waals surface area contributed by atoms with Gasteiger partial charge in [-0.3, -0.25) is 0 Å². The van der Waals surface area contributed by atoms with E-state index >= 15 is 0 Å². The molecule has 0 aromatic heterocycles. The van der Waals surface area contributed by atoms with E-state index in [9.17, 15) is 30.0 Å². The van der Waals surface area contributed by atoms with Crippen LogP contribution in [-0.4, -0.2) is 56.8 Å². The zero-order valence-corrected chi connectivity index (χ0v) is 18.3. The van der Waals surface area contributed by atoms with Crippen molar-refractivity contribution in [3.8, 4) is 17.2 Å². The standard InChI is InChI=1S/C24H24O9/c1-23(2)17(32-23)10-15-16(26)9-6-13(19(15)27)11-24(22(30)31-3)18(20(28)21(29)33-24)12-4-7-14(25)8-5-12/h4-9,17,25-28H,10-11H2,1-3H3/t17?,24-/m1/s1. The average molecular weight is 456 g/mol. The molecular formula is C24H24O9. The van der Waals surface area contributed by atoms with Gasteiger partial charge < -0.3 is 34.6 Å². The smallest absolute Gasteiger partial charge is 0.375 e. The van der Waals surface area contributed by atoms with Crippen LogP contribution in [0.5, 0.6) is 17.2 Å². The van der Waals surface area contributed by atoms with Crippen LogP contribution in [0.2, 0.25) is 0 Å². The summed E-state index contributed by atoms with van der Waals surface area (Å²) in [5, 5.41) is 41.4. The third-order valence-electron chi connectivity index (χ3n) is 6.11. The van der Waals surface area contributed by atoms with E-state index in [2.05, 4.69) is 0 Å². The molecule has 33 heavy (non-hydrogen) atoms. The first-order valence-corrected chi connectivity index (χ1v) is 10.3. The lowest BCUT2D eigenvalue weighted by Gasteiger charge is -2.28. The summed E-state index contributed by atoms with van der Waals surface area (Å²) in [4.78, 5) is 25.3. The number of aromatic hydroxyl groups is 3. The Balaban J connectivity index is 1.80. The van der Waals surface area contributed by atoms with E-state index in [1.165, 1.54) is 36.4 Å². The van der Waals surface area contributed by atoms with Crippen LogP contribution in [0.1, 0.15) is 30.5 Å². The summed E-state index contributed by atoms with van der Waals surface area (Å²) in [6, 6.07) is 8.24. The number of phenolic OH excluding ortho intramolecular Hbond substituents is 3. The van der Waals surface area contributed by atoms with E-state index in [-0.39, 0.29) is 64.1 Å². The Hall–Kier alpha value is -3.72. The first-order chi connectivity index (χ1) is 15.5. The number of carbonyl (C=O) groups is 2. The van der Waals surface area contributed by atoms with Crippen molar-refractivity contribution in [2.75, 3.05) is 7.11 Å². The van der Waals surface area contributed by atoms with Gasteiger partial charge in [-0.15, -0.1) is 0 Å². The lowest BCUT2D eigenvalue weighted by Crippen LogP contribution is -2.44. The Labute approximate surface area is 189 Å². The van der Waals surface area contributed by atoms with Gasteiger partial charge in [0.15, 0.2) is 0 Å². The van der Waals surface area contributed by atoms with E-state index in [1.54, 1.807) is 0 Å². The number of cyclic esters (lactones) is 1. The van der Waals surface area contributed by atoms with Crippen LogP contribution in [0, 0.1) is 0 Å². The van der Waals surface area contributed by atoms with Crippen LogP contribution in [0.25, 0.3) is 5.57 Å². The fourth-order valence-electron chi connectivity index (χ4n) is 4.15. The number of phenols is 3. The van der Waals surface area contributed by atoms with Gasteiger partial charge in [-0.25, -0.2) is 9.59 Å². The molecule has 0 amide bonds. The highest BCUT2D eigenvalue weighted by atomic mass is 16.6. The number of esters is 2. The molecule has 2 atom stereocenters. The molecule has 9 nitrogen and oxygen atoms in total.